The Morgan fingerprint density at radius 2 is 1.89 bits per heavy atom. The molecule has 2 aromatic carbocycles. The highest BCUT2D eigenvalue weighted by atomic mass is 35.5. The topological polar surface area (TPSA) is 74.6 Å². The molecule has 2 aromatic heterocycles. The lowest BCUT2D eigenvalue weighted by Gasteiger charge is -2.10. The minimum absolute atomic E-state index is 0.340. The molecular weight excluding hydrogens is 370 g/mol. The SMILES string of the molecule is Cc1cc(=O)oc2cc(OCCCn3c(=O)oc4ccccc43)c(Cl)cc12. The highest BCUT2D eigenvalue weighted by molar-refractivity contribution is 6.32. The fourth-order valence-corrected chi connectivity index (χ4v) is 3.28. The van der Waals surface area contributed by atoms with Gasteiger partial charge in [-0.3, -0.25) is 4.57 Å². The van der Waals surface area contributed by atoms with Gasteiger partial charge >= 0.3 is 11.4 Å². The Balaban J connectivity index is 1.49. The van der Waals surface area contributed by atoms with Gasteiger partial charge in [-0.1, -0.05) is 23.7 Å². The minimum Gasteiger partial charge on any atom is -0.492 e. The molecule has 0 aliphatic heterocycles. The number of rotatable bonds is 5. The molecule has 4 rings (SSSR count). The molecular formula is C20H16ClNO5. The van der Waals surface area contributed by atoms with Crippen molar-refractivity contribution in [3.63, 3.8) is 0 Å². The van der Waals surface area contributed by atoms with E-state index in [1.54, 1.807) is 22.8 Å². The molecule has 0 radical (unpaired) electrons. The quantitative estimate of drug-likeness (QED) is 0.381. The number of fused-ring (bicyclic) bond motifs is 2. The molecule has 27 heavy (non-hydrogen) atoms. The van der Waals surface area contributed by atoms with Crippen molar-refractivity contribution in [2.45, 2.75) is 19.9 Å². The van der Waals surface area contributed by atoms with Crippen molar-refractivity contribution in [3.8, 4) is 5.75 Å². The van der Waals surface area contributed by atoms with Gasteiger partial charge in [0.15, 0.2) is 5.58 Å². The molecule has 0 saturated carbocycles. The molecule has 0 atom stereocenters. The van der Waals surface area contributed by atoms with Crippen LogP contribution >= 0.6 is 11.6 Å². The monoisotopic (exact) mass is 385 g/mol. The molecule has 6 nitrogen and oxygen atoms in total. The minimum atomic E-state index is -0.417. The Kier molecular flexibility index (Phi) is 4.49. The number of para-hydroxylation sites is 2. The van der Waals surface area contributed by atoms with Crippen LogP contribution in [0.25, 0.3) is 22.1 Å². The van der Waals surface area contributed by atoms with Crippen molar-refractivity contribution in [2.24, 2.45) is 0 Å². The molecule has 0 spiro atoms. The zero-order chi connectivity index (χ0) is 19.0. The van der Waals surface area contributed by atoms with E-state index in [4.69, 9.17) is 25.2 Å². The van der Waals surface area contributed by atoms with Crippen LogP contribution in [0.2, 0.25) is 5.02 Å². The first-order chi connectivity index (χ1) is 13.0. The zero-order valence-corrected chi connectivity index (χ0v) is 15.3. The van der Waals surface area contributed by atoms with Gasteiger partial charge in [0.05, 0.1) is 17.1 Å². The molecule has 0 saturated heterocycles. The third-order valence-electron chi connectivity index (χ3n) is 4.36. The number of hydrogen-bond donors (Lipinski definition) is 0. The maximum absolute atomic E-state index is 12.0. The predicted molar refractivity (Wildman–Crippen MR) is 103 cm³/mol. The average Bonchev–Trinajstić information content (AvgIpc) is 2.95. The summed E-state index contributed by atoms with van der Waals surface area (Å²) in [6.07, 6.45) is 0.579. The van der Waals surface area contributed by atoms with Crippen LogP contribution in [-0.4, -0.2) is 11.2 Å². The summed E-state index contributed by atoms with van der Waals surface area (Å²) in [5.41, 5.74) is 2.12. The molecule has 0 amide bonds. The van der Waals surface area contributed by atoms with Crippen molar-refractivity contribution >= 4 is 33.7 Å². The van der Waals surface area contributed by atoms with Gasteiger partial charge in [-0.05, 0) is 37.1 Å². The Morgan fingerprint density at radius 3 is 2.74 bits per heavy atom. The first kappa shape index (κ1) is 17.4. The second-order valence-electron chi connectivity index (χ2n) is 6.22. The highest BCUT2D eigenvalue weighted by Crippen LogP contribution is 2.31. The van der Waals surface area contributed by atoms with Gasteiger partial charge in [0.25, 0.3) is 0 Å². The van der Waals surface area contributed by atoms with E-state index in [2.05, 4.69) is 0 Å². The number of oxazole rings is 1. The van der Waals surface area contributed by atoms with Gasteiger partial charge in [-0.2, -0.15) is 0 Å². The molecule has 0 fully saturated rings. The number of benzene rings is 2. The summed E-state index contributed by atoms with van der Waals surface area (Å²) in [5, 5.41) is 1.20. The van der Waals surface area contributed by atoms with Crippen molar-refractivity contribution in [2.75, 3.05) is 6.61 Å². The van der Waals surface area contributed by atoms with Crippen molar-refractivity contribution in [1.82, 2.24) is 4.57 Å². The average molecular weight is 386 g/mol. The standard InChI is InChI=1S/C20H16ClNO5/c1-12-9-19(23)26-17-11-18(14(21)10-13(12)17)25-8-4-7-22-15-5-2-3-6-16(15)27-20(22)24/h2-3,5-6,9-11H,4,7-8H2,1H3. The maximum atomic E-state index is 12.0. The summed E-state index contributed by atoms with van der Waals surface area (Å²) in [5.74, 6) is 0.0412. The number of aryl methyl sites for hydroxylation is 2. The summed E-state index contributed by atoms with van der Waals surface area (Å²) in [7, 11) is 0. The molecule has 138 valence electrons. The summed E-state index contributed by atoms with van der Waals surface area (Å²) in [6, 6.07) is 12.0. The Hall–Kier alpha value is -2.99. The predicted octanol–water partition coefficient (Wildman–Crippen LogP) is 4.13. The van der Waals surface area contributed by atoms with E-state index >= 15 is 0 Å². The van der Waals surface area contributed by atoms with Crippen LogP contribution in [0.1, 0.15) is 12.0 Å². The highest BCUT2D eigenvalue weighted by Gasteiger charge is 2.11. The van der Waals surface area contributed by atoms with Gasteiger partial charge in [0.1, 0.15) is 11.3 Å². The first-order valence-corrected chi connectivity index (χ1v) is 8.86. The zero-order valence-electron chi connectivity index (χ0n) is 14.5. The smallest absolute Gasteiger partial charge is 0.419 e. The van der Waals surface area contributed by atoms with E-state index in [1.165, 1.54) is 6.07 Å². The fourth-order valence-electron chi connectivity index (χ4n) is 3.06. The van der Waals surface area contributed by atoms with Crippen LogP contribution in [0.5, 0.6) is 5.75 Å². The van der Waals surface area contributed by atoms with Crippen LogP contribution in [0.15, 0.2) is 60.9 Å². The normalized spacial score (nSPS) is 11.3. The Labute approximate surface area is 158 Å². The lowest BCUT2D eigenvalue weighted by atomic mass is 10.1. The third-order valence-corrected chi connectivity index (χ3v) is 4.66. The molecule has 0 N–H and O–H groups in total. The first-order valence-electron chi connectivity index (χ1n) is 8.48. The number of nitrogens with zero attached hydrogens (tertiary/aromatic N) is 1. The lowest BCUT2D eigenvalue weighted by molar-refractivity contribution is 0.300. The number of halogens is 1. The molecule has 7 heteroatoms. The maximum Gasteiger partial charge on any atom is 0.419 e. The van der Waals surface area contributed by atoms with Crippen LogP contribution in [-0.2, 0) is 6.54 Å². The van der Waals surface area contributed by atoms with E-state index in [0.29, 0.717) is 41.5 Å². The summed E-state index contributed by atoms with van der Waals surface area (Å²) < 4.78 is 17.7. The van der Waals surface area contributed by atoms with Crippen LogP contribution in [0.4, 0.5) is 0 Å². The van der Waals surface area contributed by atoms with Gasteiger partial charge in [-0.15, -0.1) is 0 Å². The van der Waals surface area contributed by atoms with E-state index in [0.717, 1.165) is 16.5 Å². The van der Waals surface area contributed by atoms with Crippen LogP contribution < -0.4 is 16.1 Å². The number of aromatic nitrogens is 1. The van der Waals surface area contributed by atoms with Gasteiger partial charge in [-0.25, -0.2) is 9.59 Å². The Morgan fingerprint density at radius 1 is 1.07 bits per heavy atom. The van der Waals surface area contributed by atoms with Crippen LogP contribution in [0, 0.1) is 6.92 Å². The summed E-state index contributed by atoms with van der Waals surface area (Å²) in [6.45, 7) is 2.62. The largest absolute Gasteiger partial charge is 0.492 e. The van der Waals surface area contributed by atoms with Crippen molar-refractivity contribution < 1.29 is 13.6 Å². The molecule has 0 unspecified atom stereocenters. The molecule has 0 aliphatic rings. The van der Waals surface area contributed by atoms with Crippen molar-refractivity contribution in [1.29, 1.82) is 0 Å². The second-order valence-corrected chi connectivity index (χ2v) is 6.62. The van der Waals surface area contributed by atoms with E-state index in [1.807, 2.05) is 25.1 Å². The van der Waals surface area contributed by atoms with Gasteiger partial charge in [0, 0.05) is 24.1 Å². The summed E-state index contributed by atoms with van der Waals surface area (Å²) >= 11 is 6.28. The number of ether oxygens (including phenoxy) is 1. The molecule has 4 aromatic rings. The van der Waals surface area contributed by atoms with E-state index in [-0.39, 0.29) is 0 Å². The summed E-state index contributed by atoms with van der Waals surface area (Å²) in [4.78, 5) is 23.5. The number of hydrogen-bond acceptors (Lipinski definition) is 5. The second kappa shape index (κ2) is 6.96. The van der Waals surface area contributed by atoms with Crippen LogP contribution in [0.3, 0.4) is 0 Å². The molecule has 0 aliphatic carbocycles. The third kappa shape index (κ3) is 3.36. The van der Waals surface area contributed by atoms with Crippen molar-refractivity contribution in [3.05, 3.63) is 74.0 Å². The van der Waals surface area contributed by atoms with Gasteiger partial charge < -0.3 is 13.6 Å². The fraction of sp³-hybridized carbons (Fsp3) is 0.200. The molecule has 2 heterocycles. The van der Waals surface area contributed by atoms with E-state index < -0.39 is 11.4 Å². The van der Waals surface area contributed by atoms with E-state index in [9.17, 15) is 9.59 Å². The van der Waals surface area contributed by atoms with Gasteiger partial charge in [0.2, 0.25) is 0 Å². The molecule has 0 bridgehead atoms. The lowest BCUT2D eigenvalue weighted by Crippen LogP contribution is -2.15. The Bertz CT molecular complexity index is 1250.